The normalized spacial score (nSPS) is 10.2. The average Bonchev–Trinajstić information content (AvgIpc) is 2.58. The Hall–Kier alpha value is -2.07. The Morgan fingerprint density at radius 1 is 1.00 bits per heavy atom. The first kappa shape index (κ1) is 16.3. The van der Waals surface area contributed by atoms with Gasteiger partial charge in [-0.2, -0.15) is 0 Å². The summed E-state index contributed by atoms with van der Waals surface area (Å²) in [5.41, 5.74) is 1.81. The molecule has 1 N–H and O–H groups in total. The molecule has 0 heterocycles. The molecule has 0 fully saturated rings. The molecule has 0 aromatic heterocycles. The molecule has 3 nitrogen and oxygen atoms in total. The van der Waals surface area contributed by atoms with Crippen LogP contribution in [0, 0.1) is 0 Å². The topological polar surface area (TPSA) is 46.2 Å². The number of nitrogens with one attached hydrogen (secondary N) is 1. The maximum absolute atomic E-state index is 11.8. The maximum atomic E-state index is 11.8. The number of ketones is 1. The van der Waals surface area contributed by atoms with Crippen LogP contribution < -0.4 is 5.32 Å². The van der Waals surface area contributed by atoms with Crippen LogP contribution in [0.15, 0.2) is 59.5 Å². The third kappa shape index (κ3) is 5.04. The summed E-state index contributed by atoms with van der Waals surface area (Å²) in [7, 11) is 0. The minimum absolute atomic E-state index is 0.00237. The molecule has 114 valence electrons. The van der Waals surface area contributed by atoms with Gasteiger partial charge in [0.15, 0.2) is 5.78 Å². The molecular weight excluding hydrogens is 294 g/mol. The van der Waals surface area contributed by atoms with Crippen LogP contribution in [0.5, 0.6) is 0 Å². The molecule has 0 saturated carbocycles. The van der Waals surface area contributed by atoms with E-state index in [1.807, 2.05) is 61.5 Å². The van der Waals surface area contributed by atoms with E-state index in [1.165, 1.54) is 11.8 Å². The van der Waals surface area contributed by atoms with Crippen molar-refractivity contribution < 1.29 is 9.59 Å². The first-order valence-electron chi connectivity index (χ1n) is 7.25. The lowest BCUT2D eigenvalue weighted by Gasteiger charge is -2.06. The van der Waals surface area contributed by atoms with Crippen LogP contribution in [-0.4, -0.2) is 17.4 Å². The number of amides is 1. The van der Waals surface area contributed by atoms with Crippen LogP contribution in [-0.2, 0) is 11.3 Å². The molecule has 2 rings (SSSR count). The van der Waals surface area contributed by atoms with Gasteiger partial charge >= 0.3 is 0 Å². The van der Waals surface area contributed by atoms with Crippen LogP contribution in [0.25, 0.3) is 0 Å². The number of benzene rings is 2. The highest BCUT2D eigenvalue weighted by Crippen LogP contribution is 2.18. The summed E-state index contributed by atoms with van der Waals surface area (Å²) in [5, 5.41) is 2.89. The van der Waals surface area contributed by atoms with Crippen molar-refractivity contribution in [3.8, 4) is 0 Å². The summed E-state index contributed by atoms with van der Waals surface area (Å²) < 4.78 is 0. The van der Waals surface area contributed by atoms with Crippen LogP contribution in [0.3, 0.4) is 0 Å². The molecule has 0 spiro atoms. The molecule has 0 atom stereocenters. The monoisotopic (exact) mass is 313 g/mol. The van der Waals surface area contributed by atoms with Crippen LogP contribution in [0.1, 0.15) is 29.3 Å². The smallest absolute Gasteiger partial charge is 0.230 e. The van der Waals surface area contributed by atoms with E-state index < -0.39 is 0 Å². The first-order chi connectivity index (χ1) is 10.7. The second-order valence-corrected chi connectivity index (χ2v) is 5.90. The molecule has 0 saturated heterocycles. The largest absolute Gasteiger partial charge is 0.351 e. The zero-order valence-electron chi connectivity index (χ0n) is 12.5. The quantitative estimate of drug-likeness (QED) is 0.626. The van der Waals surface area contributed by atoms with Crippen molar-refractivity contribution in [2.45, 2.75) is 24.8 Å². The predicted octanol–water partition coefficient (Wildman–Crippen LogP) is 3.69. The fraction of sp³-hybridized carbons (Fsp3) is 0.222. The molecule has 0 aliphatic carbocycles. The number of rotatable bonds is 7. The van der Waals surface area contributed by atoms with Gasteiger partial charge in [-0.05, 0) is 17.7 Å². The third-order valence-electron chi connectivity index (χ3n) is 3.20. The van der Waals surface area contributed by atoms with Crippen molar-refractivity contribution in [1.29, 1.82) is 0 Å². The lowest BCUT2D eigenvalue weighted by atomic mass is 10.1. The highest BCUT2D eigenvalue weighted by molar-refractivity contribution is 8.00. The van der Waals surface area contributed by atoms with E-state index in [9.17, 15) is 9.59 Å². The summed E-state index contributed by atoms with van der Waals surface area (Å²) in [4.78, 5) is 24.4. The van der Waals surface area contributed by atoms with Crippen LogP contribution in [0.2, 0.25) is 0 Å². The van der Waals surface area contributed by atoms with Crippen molar-refractivity contribution in [2.24, 2.45) is 0 Å². The first-order valence-corrected chi connectivity index (χ1v) is 8.24. The van der Waals surface area contributed by atoms with E-state index in [-0.39, 0.29) is 11.7 Å². The molecule has 0 unspecified atom stereocenters. The molecule has 0 aliphatic heterocycles. The number of hydrogen-bond donors (Lipinski definition) is 1. The second kappa shape index (κ2) is 8.39. The number of carbonyl (C=O) groups excluding carboxylic acids is 2. The number of Topliss-reactive ketones (excluding diaryl/α,β-unsaturated/α-hetero) is 1. The van der Waals surface area contributed by atoms with E-state index in [1.54, 1.807) is 0 Å². The van der Waals surface area contributed by atoms with E-state index >= 15 is 0 Å². The summed E-state index contributed by atoms with van der Waals surface area (Å²) in [6.45, 7) is 2.40. The Balaban J connectivity index is 1.77. The lowest BCUT2D eigenvalue weighted by Crippen LogP contribution is -2.24. The van der Waals surface area contributed by atoms with Crippen LogP contribution in [0.4, 0.5) is 0 Å². The van der Waals surface area contributed by atoms with Crippen molar-refractivity contribution in [3.63, 3.8) is 0 Å². The van der Waals surface area contributed by atoms with Gasteiger partial charge < -0.3 is 5.32 Å². The van der Waals surface area contributed by atoms with Gasteiger partial charge in [-0.3, -0.25) is 9.59 Å². The van der Waals surface area contributed by atoms with Gasteiger partial charge in [0.25, 0.3) is 0 Å². The highest BCUT2D eigenvalue weighted by Gasteiger charge is 2.05. The van der Waals surface area contributed by atoms with Gasteiger partial charge in [-0.15, -0.1) is 11.8 Å². The van der Waals surface area contributed by atoms with Gasteiger partial charge in [-0.1, -0.05) is 49.4 Å². The fourth-order valence-corrected chi connectivity index (χ4v) is 2.67. The van der Waals surface area contributed by atoms with Gasteiger partial charge in [0.05, 0.1) is 5.75 Å². The minimum Gasteiger partial charge on any atom is -0.351 e. The number of carbonyl (C=O) groups is 2. The second-order valence-electron chi connectivity index (χ2n) is 4.85. The zero-order chi connectivity index (χ0) is 15.8. The standard InChI is InChI=1S/C18H19NO2S/c1-2-17(20)15-8-10-16(11-9-15)22-13-18(21)19-12-14-6-4-3-5-7-14/h3-11H,2,12-13H2,1H3,(H,19,21). The Labute approximate surface area is 135 Å². The molecule has 1 amide bonds. The summed E-state index contributed by atoms with van der Waals surface area (Å²) in [6.07, 6.45) is 0.508. The predicted molar refractivity (Wildman–Crippen MR) is 90.1 cm³/mol. The van der Waals surface area contributed by atoms with E-state index in [4.69, 9.17) is 0 Å². The van der Waals surface area contributed by atoms with E-state index in [0.717, 1.165) is 16.0 Å². The minimum atomic E-state index is 0.00237. The molecule has 0 radical (unpaired) electrons. The summed E-state index contributed by atoms with van der Waals surface area (Å²) in [6, 6.07) is 17.2. The van der Waals surface area contributed by atoms with Crippen molar-refractivity contribution in [3.05, 3.63) is 65.7 Å². The molecular formula is C18H19NO2S. The van der Waals surface area contributed by atoms with Gasteiger partial charge in [-0.25, -0.2) is 0 Å². The number of hydrogen-bond acceptors (Lipinski definition) is 3. The van der Waals surface area contributed by atoms with E-state index in [2.05, 4.69) is 5.32 Å². The molecule has 2 aromatic carbocycles. The van der Waals surface area contributed by atoms with Crippen LogP contribution >= 0.6 is 11.8 Å². The van der Waals surface area contributed by atoms with Gasteiger partial charge in [0.2, 0.25) is 5.91 Å². The lowest BCUT2D eigenvalue weighted by molar-refractivity contribution is -0.118. The molecule has 4 heteroatoms. The third-order valence-corrected chi connectivity index (χ3v) is 4.21. The Bertz CT molecular complexity index is 623. The van der Waals surface area contributed by atoms with Gasteiger partial charge in [0.1, 0.15) is 0 Å². The molecule has 22 heavy (non-hydrogen) atoms. The summed E-state index contributed by atoms with van der Waals surface area (Å²) >= 11 is 1.47. The number of thioether (sulfide) groups is 1. The fourth-order valence-electron chi connectivity index (χ4n) is 1.94. The summed E-state index contributed by atoms with van der Waals surface area (Å²) in [5.74, 6) is 0.508. The SMILES string of the molecule is CCC(=O)c1ccc(SCC(=O)NCc2ccccc2)cc1. The Morgan fingerprint density at radius 3 is 2.32 bits per heavy atom. The Kier molecular flexibility index (Phi) is 6.22. The Morgan fingerprint density at radius 2 is 1.68 bits per heavy atom. The highest BCUT2D eigenvalue weighted by atomic mass is 32.2. The maximum Gasteiger partial charge on any atom is 0.230 e. The molecule has 2 aromatic rings. The van der Waals surface area contributed by atoms with Crippen molar-refractivity contribution in [1.82, 2.24) is 5.32 Å². The average molecular weight is 313 g/mol. The van der Waals surface area contributed by atoms with Crippen molar-refractivity contribution in [2.75, 3.05) is 5.75 Å². The van der Waals surface area contributed by atoms with Crippen molar-refractivity contribution >= 4 is 23.5 Å². The van der Waals surface area contributed by atoms with Gasteiger partial charge in [0, 0.05) is 23.4 Å². The molecule has 0 aliphatic rings. The zero-order valence-corrected chi connectivity index (χ0v) is 13.4. The molecule has 0 bridgehead atoms. The van der Waals surface area contributed by atoms with E-state index in [0.29, 0.717) is 18.7 Å².